The van der Waals surface area contributed by atoms with Crippen LogP contribution in [-0.4, -0.2) is 11.1 Å². The van der Waals surface area contributed by atoms with E-state index in [0.717, 1.165) is 26.1 Å². The van der Waals surface area contributed by atoms with Gasteiger partial charge in [0, 0.05) is 29.9 Å². The Kier molecular flexibility index (Phi) is 4.83. The molecule has 0 aliphatic rings. The van der Waals surface area contributed by atoms with Gasteiger partial charge in [-0.3, -0.25) is 0 Å². The summed E-state index contributed by atoms with van der Waals surface area (Å²) in [6, 6.07) is 8.68. The van der Waals surface area contributed by atoms with E-state index in [0.29, 0.717) is 0 Å². The largest absolute Gasteiger partial charge is 0.350 e. The normalized spacial score (nSPS) is 10.9. The average Bonchev–Trinajstić information content (AvgIpc) is 2.97. The van der Waals surface area contributed by atoms with Crippen LogP contribution in [0.3, 0.4) is 0 Å². The minimum Gasteiger partial charge on any atom is -0.350 e. The third-order valence-electron chi connectivity index (χ3n) is 2.84. The summed E-state index contributed by atoms with van der Waals surface area (Å²) in [5, 5.41) is 5.60. The summed E-state index contributed by atoms with van der Waals surface area (Å²) in [5.74, 6) is 0. The van der Waals surface area contributed by atoms with Crippen molar-refractivity contribution in [2.24, 2.45) is 0 Å². The van der Waals surface area contributed by atoms with E-state index < -0.39 is 0 Å². The first-order valence-electron chi connectivity index (χ1n) is 6.27. The monoisotopic (exact) mass is 248 g/mol. The second-order valence-electron chi connectivity index (χ2n) is 4.20. The molecule has 0 radical (unpaired) electrons. The highest BCUT2D eigenvalue weighted by atomic mass is 32.1. The average molecular weight is 248 g/mol. The van der Waals surface area contributed by atoms with Gasteiger partial charge >= 0.3 is 0 Å². The Morgan fingerprint density at radius 1 is 1.29 bits per heavy atom. The minimum atomic E-state index is 0.977. The van der Waals surface area contributed by atoms with Crippen molar-refractivity contribution in [1.29, 1.82) is 0 Å². The van der Waals surface area contributed by atoms with Gasteiger partial charge in [0.15, 0.2) is 0 Å². The fourth-order valence-electron chi connectivity index (χ4n) is 1.91. The Morgan fingerprint density at radius 2 is 2.24 bits per heavy atom. The standard InChI is InChI=1S/C14H20N2S/c1-2-8-15-12-13-5-3-9-16(13)10-7-14-6-4-11-17-14/h3-6,9,11,15H,2,7-8,10,12H2,1H3. The molecule has 1 N–H and O–H groups in total. The molecule has 0 saturated carbocycles. The summed E-state index contributed by atoms with van der Waals surface area (Å²) in [5.41, 5.74) is 1.38. The molecule has 0 aliphatic carbocycles. The van der Waals surface area contributed by atoms with E-state index >= 15 is 0 Å². The number of nitrogens with one attached hydrogen (secondary N) is 1. The molecule has 2 heterocycles. The third kappa shape index (κ3) is 3.72. The first kappa shape index (κ1) is 12.4. The second-order valence-corrected chi connectivity index (χ2v) is 5.23. The second kappa shape index (κ2) is 6.62. The van der Waals surface area contributed by atoms with Gasteiger partial charge in [0.05, 0.1) is 0 Å². The highest BCUT2D eigenvalue weighted by Crippen LogP contribution is 2.11. The van der Waals surface area contributed by atoms with Crippen LogP contribution in [0.5, 0.6) is 0 Å². The lowest BCUT2D eigenvalue weighted by Gasteiger charge is -2.09. The summed E-state index contributed by atoms with van der Waals surface area (Å²) in [4.78, 5) is 1.46. The number of hydrogen-bond donors (Lipinski definition) is 1. The van der Waals surface area contributed by atoms with Crippen molar-refractivity contribution in [2.45, 2.75) is 32.9 Å². The summed E-state index contributed by atoms with van der Waals surface area (Å²) >= 11 is 1.84. The zero-order valence-electron chi connectivity index (χ0n) is 10.4. The van der Waals surface area contributed by atoms with Gasteiger partial charge in [-0.1, -0.05) is 13.0 Å². The molecule has 2 nitrogen and oxygen atoms in total. The fraction of sp³-hybridized carbons (Fsp3) is 0.429. The molecule has 0 spiro atoms. The molecule has 0 unspecified atom stereocenters. The van der Waals surface area contributed by atoms with Crippen LogP contribution in [-0.2, 0) is 19.5 Å². The van der Waals surface area contributed by atoms with Gasteiger partial charge in [-0.05, 0) is 43.0 Å². The Hall–Kier alpha value is -1.06. The zero-order chi connectivity index (χ0) is 11.9. The Morgan fingerprint density at radius 3 is 3.00 bits per heavy atom. The Balaban J connectivity index is 1.85. The van der Waals surface area contributed by atoms with E-state index in [4.69, 9.17) is 0 Å². The molecule has 3 heteroatoms. The Labute approximate surface area is 107 Å². The van der Waals surface area contributed by atoms with Crippen molar-refractivity contribution in [3.05, 3.63) is 46.4 Å². The van der Waals surface area contributed by atoms with E-state index in [1.807, 2.05) is 11.3 Å². The van der Waals surface area contributed by atoms with Crippen molar-refractivity contribution in [3.63, 3.8) is 0 Å². The highest BCUT2D eigenvalue weighted by Gasteiger charge is 2.01. The number of aromatic nitrogens is 1. The number of nitrogens with zero attached hydrogens (tertiary/aromatic N) is 1. The maximum absolute atomic E-state index is 3.45. The van der Waals surface area contributed by atoms with Crippen molar-refractivity contribution < 1.29 is 0 Å². The number of rotatable bonds is 7. The van der Waals surface area contributed by atoms with Gasteiger partial charge < -0.3 is 9.88 Å². The molecule has 0 bridgehead atoms. The molecule has 0 amide bonds. The fourth-order valence-corrected chi connectivity index (χ4v) is 2.60. The quantitative estimate of drug-likeness (QED) is 0.744. The number of thiophene rings is 1. The van der Waals surface area contributed by atoms with Crippen LogP contribution < -0.4 is 5.32 Å². The lowest BCUT2D eigenvalue weighted by Crippen LogP contribution is -2.17. The van der Waals surface area contributed by atoms with E-state index in [1.54, 1.807) is 0 Å². The van der Waals surface area contributed by atoms with Crippen molar-refractivity contribution in [2.75, 3.05) is 6.54 Å². The molecule has 0 atom stereocenters. The predicted molar refractivity (Wildman–Crippen MR) is 74.5 cm³/mol. The smallest absolute Gasteiger partial charge is 0.0359 e. The molecule has 17 heavy (non-hydrogen) atoms. The summed E-state index contributed by atoms with van der Waals surface area (Å²) in [6.07, 6.45) is 4.50. The molecular weight excluding hydrogens is 228 g/mol. The minimum absolute atomic E-state index is 0.977. The summed E-state index contributed by atoms with van der Waals surface area (Å²) in [7, 11) is 0. The van der Waals surface area contributed by atoms with Crippen molar-refractivity contribution >= 4 is 11.3 Å². The number of aryl methyl sites for hydroxylation is 2. The van der Waals surface area contributed by atoms with E-state index in [1.165, 1.54) is 17.0 Å². The SMILES string of the molecule is CCCNCc1cccn1CCc1cccs1. The predicted octanol–water partition coefficient (Wildman–Crippen LogP) is 3.29. The third-order valence-corrected chi connectivity index (χ3v) is 3.77. The summed E-state index contributed by atoms with van der Waals surface area (Å²) in [6.45, 7) is 5.35. The van der Waals surface area contributed by atoms with Crippen molar-refractivity contribution in [3.8, 4) is 0 Å². The van der Waals surface area contributed by atoms with Crippen LogP contribution in [0.15, 0.2) is 35.8 Å². The zero-order valence-corrected chi connectivity index (χ0v) is 11.2. The first-order chi connectivity index (χ1) is 8.40. The van der Waals surface area contributed by atoms with Crippen LogP contribution in [0.1, 0.15) is 23.9 Å². The topological polar surface area (TPSA) is 17.0 Å². The van der Waals surface area contributed by atoms with Gasteiger partial charge in [-0.25, -0.2) is 0 Å². The van der Waals surface area contributed by atoms with Crippen LogP contribution >= 0.6 is 11.3 Å². The summed E-state index contributed by atoms with van der Waals surface area (Å²) < 4.78 is 2.35. The first-order valence-corrected chi connectivity index (χ1v) is 7.15. The molecule has 92 valence electrons. The molecule has 2 aromatic rings. The molecule has 2 aromatic heterocycles. The van der Waals surface area contributed by atoms with Crippen LogP contribution in [0.25, 0.3) is 0 Å². The maximum Gasteiger partial charge on any atom is 0.0359 e. The van der Waals surface area contributed by atoms with Crippen LogP contribution in [0.2, 0.25) is 0 Å². The van der Waals surface area contributed by atoms with E-state index in [-0.39, 0.29) is 0 Å². The molecular formula is C14H20N2S. The van der Waals surface area contributed by atoms with Crippen LogP contribution in [0, 0.1) is 0 Å². The molecule has 0 aliphatic heterocycles. The molecule has 2 rings (SSSR count). The van der Waals surface area contributed by atoms with Gasteiger partial charge in [0.2, 0.25) is 0 Å². The highest BCUT2D eigenvalue weighted by molar-refractivity contribution is 7.09. The molecule has 0 fully saturated rings. The molecule has 0 aromatic carbocycles. The lowest BCUT2D eigenvalue weighted by molar-refractivity contribution is 0.607. The van der Waals surface area contributed by atoms with Gasteiger partial charge in [-0.2, -0.15) is 0 Å². The van der Waals surface area contributed by atoms with E-state index in [9.17, 15) is 0 Å². The van der Waals surface area contributed by atoms with Gasteiger partial charge in [0.25, 0.3) is 0 Å². The van der Waals surface area contributed by atoms with Crippen LogP contribution in [0.4, 0.5) is 0 Å². The van der Waals surface area contributed by atoms with Gasteiger partial charge in [-0.15, -0.1) is 11.3 Å². The van der Waals surface area contributed by atoms with Gasteiger partial charge in [0.1, 0.15) is 0 Å². The van der Waals surface area contributed by atoms with E-state index in [2.05, 4.69) is 52.7 Å². The Bertz CT molecular complexity index is 417. The molecule has 0 saturated heterocycles. The van der Waals surface area contributed by atoms with Crippen molar-refractivity contribution in [1.82, 2.24) is 9.88 Å². The number of hydrogen-bond acceptors (Lipinski definition) is 2. The maximum atomic E-state index is 3.45. The lowest BCUT2D eigenvalue weighted by atomic mass is 10.3.